The standard InChI is InChI=1S/C20H24N2O3/c1-20(2,3)15-11-9-14(10-12-15)17(13-18(23)24)22-19(25)21-16-7-5-4-6-8-16/h4-12,17H,13H2,1-3H3,(H,23,24)(H2,21,22,25)/p-1/t17-/m1/s1. The van der Waals surface area contributed by atoms with Crippen molar-refractivity contribution in [2.75, 3.05) is 5.32 Å². The molecule has 1 atom stereocenters. The van der Waals surface area contributed by atoms with Crippen molar-refractivity contribution < 1.29 is 14.7 Å². The van der Waals surface area contributed by atoms with E-state index >= 15 is 0 Å². The molecule has 2 aromatic rings. The van der Waals surface area contributed by atoms with Crippen molar-refractivity contribution in [1.29, 1.82) is 0 Å². The van der Waals surface area contributed by atoms with Crippen LogP contribution in [0.4, 0.5) is 10.5 Å². The van der Waals surface area contributed by atoms with Gasteiger partial charge in [0, 0.05) is 18.1 Å². The van der Waals surface area contributed by atoms with Crippen molar-refractivity contribution in [3.63, 3.8) is 0 Å². The zero-order valence-corrected chi connectivity index (χ0v) is 14.7. The van der Waals surface area contributed by atoms with Crippen LogP contribution in [-0.4, -0.2) is 12.0 Å². The van der Waals surface area contributed by atoms with Gasteiger partial charge in [0.2, 0.25) is 0 Å². The van der Waals surface area contributed by atoms with Gasteiger partial charge in [-0.3, -0.25) is 0 Å². The van der Waals surface area contributed by atoms with Crippen LogP contribution >= 0.6 is 0 Å². The van der Waals surface area contributed by atoms with Gasteiger partial charge in [-0.25, -0.2) is 4.79 Å². The van der Waals surface area contributed by atoms with E-state index in [0.717, 1.165) is 11.1 Å². The monoisotopic (exact) mass is 339 g/mol. The van der Waals surface area contributed by atoms with E-state index in [1.807, 2.05) is 30.3 Å². The quantitative estimate of drug-likeness (QED) is 0.878. The van der Waals surface area contributed by atoms with E-state index in [-0.39, 0.29) is 11.8 Å². The summed E-state index contributed by atoms with van der Waals surface area (Å²) in [5, 5.41) is 16.5. The van der Waals surface area contributed by atoms with Crippen molar-refractivity contribution in [1.82, 2.24) is 5.32 Å². The Bertz CT molecular complexity index is 719. The van der Waals surface area contributed by atoms with Crippen LogP contribution in [0.15, 0.2) is 54.6 Å². The van der Waals surface area contributed by atoms with Crippen molar-refractivity contribution in [3.8, 4) is 0 Å². The number of benzene rings is 2. The first-order chi connectivity index (χ1) is 11.8. The molecule has 0 unspecified atom stereocenters. The van der Waals surface area contributed by atoms with E-state index in [2.05, 4.69) is 31.4 Å². The molecule has 0 heterocycles. The highest BCUT2D eigenvalue weighted by molar-refractivity contribution is 5.89. The van der Waals surface area contributed by atoms with E-state index in [9.17, 15) is 14.7 Å². The van der Waals surface area contributed by atoms with Crippen LogP contribution in [-0.2, 0) is 10.2 Å². The molecule has 0 spiro atoms. The molecule has 0 aliphatic heterocycles. The number of urea groups is 1. The largest absolute Gasteiger partial charge is 0.550 e. The molecule has 132 valence electrons. The summed E-state index contributed by atoms with van der Waals surface area (Å²) < 4.78 is 0. The number of amides is 2. The Labute approximate surface area is 148 Å². The summed E-state index contributed by atoms with van der Waals surface area (Å²) in [6, 6.07) is 15.4. The number of nitrogens with one attached hydrogen (secondary N) is 2. The normalized spacial score (nSPS) is 12.3. The van der Waals surface area contributed by atoms with Crippen molar-refractivity contribution in [2.24, 2.45) is 0 Å². The molecule has 0 aliphatic carbocycles. The van der Waals surface area contributed by atoms with Crippen LogP contribution < -0.4 is 15.7 Å². The lowest BCUT2D eigenvalue weighted by Crippen LogP contribution is -2.36. The Hall–Kier alpha value is -2.82. The maximum Gasteiger partial charge on any atom is 0.319 e. The topological polar surface area (TPSA) is 81.3 Å². The van der Waals surface area contributed by atoms with Crippen LogP contribution in [0.1, 0.15) is 44.4 Å². The average Bonchev–Trinajstić information content (AvgIpc) is 2.54. The Morgan fingerprint density at radius 2 is 1.60 bits per heavy atom. The minimum atomic E-state index is -1.22. The summed E-state index contributed by atoms with van der Waals surface area (Å²) >= 11 is 0. The number of para-hydroxylation sites is 1. The van der Waals surface area contributed by atoms with Crippen molar-refractivity contribution in [2.45, 2.75) is 38.6 Å². The fourth-order valence-corrected chi connectivity index (χ4v) is 2.48. The lowest BCUT2D eigenvalue weighted by molar-refractivity contribution is -0.306. The zero-order chi connectivity index (χ0) is 18.4. The molecule has 0 saturated heterocycles. The summed E-state index contributed by atoms with van der Waals surface area (Å²) in [5.74, 6) is -1.22. The second kappa shape index (κ2) is 7.83. The molecule has 2 amide bonds. The number of rotatable bonds is 5. The van der Waals surface area contributed by atoms with Gasteiger partial charge in [-0.05, 0) is 28.7 Å². The number of carbonyl (C=O) groups excluding carboxylic acids is 2. The fourth-order valence-electron chi connectivity index (χ4n) is 2.48. The van der Waals surface area contributed by atoms with Crippen LogP contribution in [0.25, 0.3) is 0 Å². The average molecular weight is 339 g/mol. The van der Waals surface area contributed by atoms with Gasteiger partial charge in [0.1, 0.15) is 0 Å². The molecule has 0 bridgehead atoms. The van der Waals surface area contributed by atoms with Crippen LogP contribution in [0, 0.1) is 0 Å². The van der Waals surface area contributed by atoms with Gasteiger partial charge in [0.15, 0.2) is 0 Å². The minimum Gasteiger partial charge on any atom is -0.550 e. The summed E-state index contributed by atoms with van der Waals surface area (Å²) in [7, 11) is 0. The Balaban J connectivity index is 2.13. The number of carboxylic acid groups (broad SMARTS) is 1. The first-order valence-corrected chi connectivity index (χ1v) is 8.18. The highest BCUT2D eigenvalue weighted by Gasteiger charge is 2.18. The summed E-state index contributed by atoms with van der Waals surface area (Å²) in [6.07, 6.45) is -0.295. The van der Waals surface area contributed by atoms with Gasteiger partial charge >= 0.3 is 6.03 Å². The van der Waals surface area contributed by atoms with Gasteiger partial charge in [-0.15, -0.1) is 0 Å². The molecule has 2 aromatic carbocycles. The Morgan fingerprint density at radius 1 is 1.00 bits per heavy atom. The summed E-state index contributed by atoms with van der Waals surface area (Å²) in [6.45, 7) is 6.31. The lowest BCUT2D eigenvalue weighted by Gasteiger charge is -2.23. The first kappa shape index (κ1) is 18.5. The smallest absolute Gasteiger partial charge is 0.319 e. The predicted octanol–water partition coefficient (Wildman–Crippen LogP) is 2.99. The predicted molar refractivity (Wildman–Crippen MR) is 96.1 cm³/mol. The summed E-state index contributed by atoms with van der Waals surface area (Å²) in [4.78, 5) is 23.2. The molecule has 0 aliphatic rings. The molecule has 25 heavy (non-hydrogen) atoms. The van der Waals surface area contributed by atoms with E-state index in [1.54, 1.807) is 24.3 Å². The zero-order valence-electron chi connectivity index (χ0n) is 14.7. The molecule has 0 aromatic heterocycles. The van der Waals surface area contributed by atoms with E-state index in [4.69, 9.17) is 0 Å². The first-order valence-electron chi connectivity index (χ1n) is 8.18. The van der Waals surface area contributed by atoms with Gasteiger partial charge in [0.25, 0.3) is 0 Å². The molecule has 5 heteroatoms. The third kappa shape index (κ3) is 5.64. The molecule has 2 N–H and O–H groups in total. The van der Waals surface area contributed by atoms with Gasteiger partial charge in [0.05, 0.1) is 6.04 Å². The van der Waals surface area contributed by atoms with Crippen LogP contribution in [0.5, 0.6) is 0 Å². The molecular formula is C20H23N2O3-. The fraction of sp³-hybridized carbons (Fsp3) is 0.300. The highest BCUT2D eigenvalue weighted by Crippen LogP contribution is 2.25. The molecular weight excluding hydrogens is 316 g/mol. The van der Waals surface area contributed by atoms with Gasteiger partial charge in [-0.1, -0.05) is 63.2 Å². The van der Waals surface area contributed by atoms with E-state index < -0.39 is 18.0 Å². The second-order valence-electron chi connectivity index (χ2n) is 6.97. The van der Waals surface area contributed by atoms with Gasteiger partial charge in [-0.2, -0.15) is 0 Å². The van der Waals surface area contributed by atoms with Crippen LogP contribution in [0.2, 0.25) is 0 Å². The molecule has 5 nitrogen and oxygen atoms in total. The molecule has 0 radical (unpaired) electrons. The maximum absolute atomic E-state index is 12.2. The Kier molecular flexibility index (Phi) is 5.80. The molecule has 0 saturated carbocycles. The number of carboxylic acids is 1. The second-order valence-corrected chi connectivity index (χ2v) is 6.97. The number of carbonyl (C=O) groups is 2. The number of aliphatic carboxylic acids is 1. The summed E-state index contributed by atoms with van der Waals surface area (Å²) in [5.41, 5.74) is 2.49. The van der Waals surface area contributed by atoms with Crippen LogP contribution in [0.3, 0.4) is 0 Å². The Morgan fingerprint density at radius 3 is 2.12 bits per heavy atom. The van der Waals surface area contributed by atoms with Crippen molar-refractivity contribution in [3.05, 3.63) is 65.7 Å². The van der Waals surface area contributed by atoms with Gasteiger partial charge < -0.3 is 20.5 Å². The number of anilines is 1. The third-order valence-electron chi connectivity index (χ3n) is 3.89. The molecule has 2 rings (SSSR count). The third-order valence-corrected chi connectivity index (χ3v) is 3.89. The SMILES string of the molecule is CC(C)(C)c1ccc([C@@H](CC(=O)[O-])NC(=O)Nc2ccccc2)cc1. The lowest BCUT2D eigenvalue weighted by atomic mass is 9.86. The number of hydrogen-bond acceptors (Lipinski definition) is 3. The minimum absolute atomic E-state index is 0.000489. The maximum atomic E-state index is 12.2. The molecule has 0 fully saturated rings. The van der Waals surface area contributed by atoms with E-state index in [0.29, 0.717) is 5.69 Å². The van der Waals surface area contributed by atoms with E-state index in [1.165, 1.54) is 0 Å². The highest BCUT2D eigenvalue weighted by atomic mass is 16.4. The van der Waals surface area contributed by atoms with Crippen molar-refractivity contribution >= 4 is 17.7 Å². The number of hydrogen-bond donors (Lipinski definition) is 2.